The number of nitrogens with zero attached hydrogens (tertiary/aromatic N) is 3. The molecule has 5 aromatic rings. The highest BCUT2D eigenvalue weighted by molar-refractivity contribution is 7.21. The molecular formula is C25H16N4O3S. The molecule has 5 rings (SSSR count). The summed E-state index contributed by atoms with van der Waals surface area (Å²) >= 11 is 1.48. The largest absolute Gasteiger partial charge is 0.507 e. The van der Waals surface area contributed by atoms with Crippen LogP contribution in [0, 0.1) is 11.3 Å². The summed E-state index contributed by atoms with van der Waals surface area (Å²) in [6.45, 7) is -0.465. The van der Waals surface area contributed by atoms with E-state index in [4.69, 9.17) is 4.74 Å². The molecular weight excluding hydrogens is 436 g/mol. The number of nitrogens with one attached hydrogen (secondary N) is 1. The zero-order valence-electron chi connectivity index (χ0n) is 17.1. The number of rotatable bonds is 5. The number of aliphatic hydroxyl groups excluding tert-OH is 1. The molecule has 0 spiro atoms. The maximum atomic E-state index is 12.9. The Balaban J connectivity index is 1.40. The Hall–Kier alpha value is -4.48. The summed E-state index contributed by atoms with van der Waals surface area (Å²) in [5.74, 6) is -0.803. The minimum absolute atomic E-state index is 0.0848. The standard InChI is InChI=1S/C25H16N4O3S/c26-13-17(23-27-18-9-3-4-10-19(18)28-23)21(30)14-32-25(31)16-8-2-1-7-15(16)24-29-20-11-5-6-12-22(20)33-24/h1-12,30H,14H2,(H,27,28). The second-order valence-electron chi connectivity index (χ2n) is 7.14. The first-order valence-electron chi connectivity index (χ1n) is 10.0. The van der Waals surface area contributed by atoms with Gasteiger partial charge in [0.1, 0.15) is 23.3 Å². The monoisotopic (exact) mass is 452 g/mol. The van der Waals surface area contributed by atoms with Gasteiger partial charge >= 0.3 is 5.97 Å². The first-order chi connectivity index (χ1) is 16.1. The highest BCUT2D eigenvalue weighted by atomic mass is 32.1. The lowest BCUT2D eigenvalue weighted by molar-refractivity contribution is 0.0503. The lowest BCUT2D eigenvalue weighted by Crippen LogP contribution is -2.10. The van der Waals surface area contributed by atoms with E-state index < -0.39 is 12.6 Å². The van der Waals surface area contributed by atoms with Crippen molar-refractivity contribution >= 4 is 44.1 Å². The summed E-state index contributed by atoms with van der Waals surface area (Å²) in [7, 11) is 0. The third-order valence-corrected chi connectivity index (χ3v) is 6.11. The number of fused-ring (bicyclic) bond motifs is 2. The third-order valence-electron chi connectivity index (χ3n) is 5.04. The molecule has 33 heavy (non-hydrogen) atoms. The molecule has 8 heteroatoms. The van der Waals surface area contributed by atoms with Crippen LogP contribution in [-0.2, 0) is 4.74 Å². The number of allylic oxidation sites excluding steroid dienone is 1. The maximum Gasteiger partial charge on any atom is 0.339 e. The van der Waals surface area contributed by atoms with Crippen molar-refractivity contribution in [3.63, 3.8) is 0 Å². The summed E-state index contributed by atoms with van der Waals surface area (Å²) in [5.41, 5.74) is 3.13. The number of ether oxygens (including phenoxy) is 1. The number of aromatic amines is 1. The van der Waals surface area contributed by atoms with Crippen LogP contribution in [0.25, 0.3) is 37.4 Å². The number of esters is 1. The third kappa shape index (κ3) is 3.93. The van der Waals surface area contributed by atoms with Gasteiger partial charge in [-0.2, -0.15) is 5.26 Å². The predicted octanol–water partition coefficient (Wildman–Crippen LogP) is 5.49. The van der Waals surface area contributed by atoms with E-state index >= 15 is 0 Å². The van der Waals surface area contributed by atoms with Crippen LogP contribution in [0.2, 0.25) is 0 Å². The molecule has 0 aliphatic rings. The fourth-order valence-electron chi connectivity index (χ4n) is 3.44. The number of para-hydroxylation sites is 3. The topological polar surface area (TPSA) is 112 Å². The molecule has 7 nitrogen and oxygen atoms in total. The fourth-order valence-corrected chi connectivity index (χ4v) is 4.45. The number of hydrogen-bond donors (Lipinski definition) is 2. The van der Waals surface area contributed by atoms with E-state index in [0.29, 0.717) is 21.7 Å². The van der Waals surface area contributed by atoms with Crippen LogP contribution >= 0.6 is 11.3 Å². The predicted molar refractivity (Wildman–Crippen MR) is 127 cm³/mol. The number of imidazole rings is 1. The van der Waals surface area contributed by atoms with Crippen molar-refractivity contribution in [1.29, 1.82) is 5.26 Å². The Morgan fingerprint density at radius 1 is 1.00 bits per heavy atom. The van der Waals surface area contributed by atoms with E-state index in [-0.39, 0.29) is 17.2 Å². The lowest BCUT2D eigenvalue weighted by atomic mass is 10.1. The number of hydrogen-bond acceptors (Lipinski definition) is 7. The molecule has 2 N–H and O–H groups in total. The molecule has 2 heterocycles. The molecule has 0 aliphatic carbocycles. The first kappa shape index (κ1) is 20.4. The molecule has 0 bridgehead atoms. The SMILES string of the molecule is N#CC(=C(O)COC(=O)c1ccccc1-c1nc2ccccc2s1)c1nc2ccccc2[nH]1. The molecule has 0 saturated carbocycles. The van der Waals surface area contributed by atoms with Gasteiger partial charge in [0.25, 0.3) is 0 Å². The lowest BCUT2D eigenvalue weighted by Gasteiger charge is -2.08. The average Bonchev–Trinajstić information content (AvgIpc) is 3.47. The highest BCUT2D eigenvalue weighted by Crippen LogP contribution is 2.32. The molecule has 2 aromatic heterocycles. The van der Waals surface area contributed by atoms with Gasteiger partial charge in [-0.05, 0) is 30.3 Å². The molecule has 0 unspecified atom stereocenters. The minimum atomic E-state index is -0.627. The Labute approximate surface area is 192 Å². The maximum absolute atomic E-state index is 12.9. The van der Waals surface area contributed by atoms with Crippen molar-refractivity contribution in [2.45, 2.75) is 0 Å². The van der Waals surface area contributed by atoms with Crippen LogP contribution in [0.1, 0.15) is 16.2 Å². The molecule has 0 amide bonds. The first-order valence-corrected chi connectivity index (χ1v) is 10.8. The normalized spacial score (nSPS) is 11.8. The van der Waals surface area contributed by atoms with Crippen LogP contribution in [0.5, 0.6) is 0 Å². The van der Waals surface area contributed by atoms with E-state index in [2.05, 4.69) is 15.0 Å². The number of benzene rings is 3. The molecule has 0 radical (unpaired) electrons. The number of thiazole rings is 1. The van der Waals surface area contributed by atoms with Crippen LogP contribution in [0.4, 0.5) is 0 Å². The van der Waals surface area contributed by atoms with Gasteiger partial charge < -0.3 is 14.8 Å². The number of nitriles is 1. The van der Waals surface area contributed by atoms with Gasteiger partial charge in [0.05, 0.1) is 26.8 Å². The van der Waals surface area contributed by atoms with Crippen LogP contribution < -0.4 is 0 Å². The number of carbonyl (C=O) groups excluding carboxylic acids is 1. The molecule has 0 fully saturated rings. The Kier molecular flexibility index (Phi) is 5.30. The smallest absolute Gasteiger partial charge is 0.339 e. The van der Waals surface area contributed by atoms with Crippen molar-refractivity contribution in [2.75, 3.05) is 6.61 Å². The van der Waals surface area contributed by atoms with Crippen LogP contribution in [-0.4, -0.2) is 32.6 Å². The van der Waals surface area contributed by atoms with Gasteiger partial charge in [-0.3, -0.25) is 0 Å². The number of aromatic nitrogens is 3. The van der Waals surface area contributed by atoms with E-state index in [0.717, 1.165) is 15.7 Å². The van der Waals surface area contributed by atoms with Gasteiger partial charge in [0.2, 0.25) is 0 Å². The molecule has 3 aromatic carbocycles. The van der Waals surface area contributed by atoms with E-state index in [1.807, 2.05) is 54.6 Å². The van der Waals surface area contributed by atoms with Crippen molar-refractivity contribution < 1.29 is 14.6 Å². The van der Waals surface area contributed by atoms with Crippen molar-refractivity contribution in [1.82, 2.24) is 15.0 Å². The zero-order valence-corrected chi connectivity index (χ0v) is 18.0. The van der Waals surface area contributed by atoms with E-state index in [9.17, 15) is 15.2 Å². The summed E-state index contributed by atoms with van der Waals surface area (Å²) in [6.07, 6.45) is 0. The van der Waals surface area contributed by atoms with Gasteiger partial charge in [0, 0.05) is 5.56 Å². The Bertz CT molecular complexity index is 1510. The van der Waals surface area contributed by atoms with Crippen LogP contribution in [0.3, 0.4) is 0 Å². The quantitative estimate of drug-likeness (QED) is 0.207. The second kappa shape index (κ2) is 8.57. The second-order valence-corrected chi connectivity index (χ2v) is 8.18. The van der Waals surface area contributed by atoms with Gasteiger partial charge in [-0.1, -0.05) is 42.5 Å². The summed E-state index contributed by atoms with van der Waals surface area (Å²) < 4.78 is 6.36. The van der Waals surface area contributed by atoms with Crippen molar-refractivity contribution in [2.24, 2.45) is 0 Å². The Morgan fingerprint density at radius 2 is 1.73 bits per heavy atom. The average molecular weight is 452 g/mol. The van der Waals surface area contributed by atoms with E-state index in [1.54, 1.807) is 24.3 Å². The molecule has 160 valence electrons. The molecule has 0 atom stereocenters. The summed E-state index contributed by atoms with van der Waals surface area (Å²) in [4.78, 5) is 24.8. The van der Waals surface area contributed by atoms with E-state index in [1.165, 1.54) is 11.3 Å². The number of carbonyl (C=O) groups is 1. The summed E-state index contributed by atoms with van der Waals surface area (Å²) in [5, 5.41) is 20.7. The highest BCUT2D eigenvalue weighted by Gasteiger charge is 2.19. The molecule has 0 aliphatic heterocycles. The molecule has 0 saturated heterocycles. The fraction of sp³-hybridized carbons (Fsp3) is 0.0400. The van der Waals surface area contributed by atoms with Crippen LogP contribution in [0.15, 0.2) is 78.6 Å². The zero-order chi connectivity index (χ0) is 22.8. The van der Waals surface area contributed by atoms with Gasteiger partial charge in [-0.25, -0.2) is 14.8 Å². The van der Waals surface area contributed by atoms with Crippen molar-refractivity contribution in [3.05, 3.63) is 89.9 Å². The number of aliphatic hydroxyl groups is 1. The van der Waals surface area contributed by atoms with Gasteiger partial charge in [-0.15, -0.1) is 11.3 Å². The van der Waals surface area contributed by atoms with Gasteiger partial charge in [0.15, 0.2) is 11.6 Å². The number of H-pyrrole nitrogens is 1. The minimum Gasteiger partial charge on any atom is -0.507 e. The van der Waals surface area contributed by atoms with Crippen molar-refractivity contribution in [3.8, 4) is 16.6 Å². The summed E-state index contributed by atoms with van der Waals surface area (Å²) in [6, 6.07) is 24.0. The Morgan fingerprint density at radius 3 is 2.52 bits per heavy atom.